The number of hydrogen-bond acceptors (Lipinski definition) is 4. The van der Waals surface area contributed by atoms with E-state index in [2.05, 4.69) is 4.74 Å². The van der Waals surface area contributed by atoms with Crippen molar-refractivity contribution in [3.05, 3.63) is 12.2 Å². The Labute approximate surface area is 98.2 Å². The van der Waals surface area contributed by atoms with Gasteiger partial charge < -0.3 is 19.6 Å². The van der Waals surface area contributed by atoms with Crippen LogP contribution in [-0.2, 0) is 14.3 Å². The predicted octanol–water partition coefficient (Wildman–Crippen LogP) is -0.462. The van der Waals surface area contributed by atoms with Gasteiger partial charge in [0.15, 0.2) is 0 Å². The smallest absolute Gasteiger partial charge is 0.407 e. The number of carbonyl (C=O) groups is 3. The Morgan fingerprint density at radius 2 is 1.59 bits per heavy atom. The van der Waals surface area contributed by atoms with Crippen LogP contribution in [0.25, 0.3) is 0 Å². The molecule has 94 valence electrons. The molecule has 1 heterocycles. The van der Waals surface area contributed by atoms with Gasteiger partial charge in [-0.25, -0.2) is 9.59 Å². The quantitative estimate of drug-likeness (QED) is 0.523. The lowest BCUT2D eigenvalue weighted by atomic mass is 10.3. The molecule has 0 aromatic rings. The third kappa shape index (κ3) is 3.78. The van der Waals surface area contributed by atoms with Gasteiger partial charge in [0, 0.05) is 38.3 Å². The molecule has 1 aliphatic rings. The highest BCUT2D eigenvalue weighted by atomic mass is 16.5. The van der Waals surface area contributed by atoms with E-state index in [9.17, 15) is 14.4 Å². The van der Waals surface area contributed by atoms with Crippen molar-refractivity contribution in [2.75, 3.05) is 33.3 Å². The van der Waals surface area contributed by atoms with E-state index < -0.39 is 12.1 Å². The van der Waals surface area contributed by atoms with Crippen molar-refractivity contribution in [2.24, 2.45) is 0 Å². The third-order valence-electron chi connectivity index (χ3n) is 2.43. The number of amides is 2. The second-order valence-electron chi connectivity index (χ2n) is 3.45. The number of hydrogen-bond donors (Lipinski definition) is 1. The fourth-order valence-corrected chi connectivity index (χ4v) is 1.43. The van der Waals surface area contributed by atoms with Crippen molar-refractivity contribution >= 4 is 18.0 Å². The average Bonchev–Trinajstić information content (AvgIpc) is 2.35. The van der Waals surface area contributed by atoms with E-state index in [0.29, 0.717) is 13.1 Å². The summed E-state index contributed by atoms with van der Waals surface area (Å²) in [4.78, 5) is 35.7. The van der Waals surface area contributed by atoms with Gasteiger partial charge in [0.2, 0.25) is 5.91 Å². The minimum absolute atomic E-state index is 0.285. The third-order valence-corrected chi connectivity index (χ3v) is 2.43. The molecule has 1 N–H and O–H groups in total. The second kappa shape index (κ2) is 5.88. The van der Waals surface area contributed by atoms with Crippen molar-refractivity contribution in [3.63, 3.8) is 0 Å². The number of nitrogens with zero attached hydrogens (tertiary/aromatic N) is 2. The van der Waals surface area contributed by atoms with E-state index in [4.69, 9.17) is 5.11 Å². The maximum atomic E-state index is 11.6. The van der Waals surface area contributed by atoms with Gasteiger partial charge in [-0.2, -0.15) is 0 Å². The van der Waals surface area contributed by atoms with Crippen LogP contribution >= 0.6 is 0 Å². The number of methoxy groups -OCH3 is 1. The molecule has 1 aliphatic heterocycles. The first-order chi connectivity index (χ1) is 8.04. The highest BCUT2D eigenvalue weighted by Gasteiger charge is 2.22. The summed E-state index contributed by atoms with van der Waals surface area (Å²) < 4.78 is 4.35. The topological polar surface area (TPSA) is 87.2 Å². The Morgan fingerprint density at radius 1 is 1.06 bits per heavy atom. The van der Waals surface area contributed by atoms with Crippen LogP contribution in [0, 0.1) is 0 Å². The molecule has 0 aromatic carbocycles. The molecule has 2 amide bonds. The van der Waals surface area contributed by atoms with Crippen molar-refractivity contribution in [2.45, 2.75) is 0 Å². The van der Waals surface area contributed by atoms with E-state index in [1.54, 1.807) is 0 Å². The van der Waals surface area contributed by atoms with Crippen LogP contribution in [0.1, 0.15) is 0 Å². The summed E-state index contributed by atoms with van der Waals surface area (Å²) in [6.45, 7) is 1.23. The van der Waals surface area contributed by atoms with Gasteiger partial charge in [-0.3, -0.25) is 4.79 Å². The van der Waals surface area contributed by atoms with Crippen LogP contribution in [0.4, 0.5) is 4.79 Å². The zero-order valence-electron chi connectivity index (χ0n) is 9.46. The molecule has 7 nitrogen and oxygen atoms in total. The normalized spacial score (nSPS) is 16.1. The number of carbonyl (C=O) groups excluding carboxylic acids is 2. The number of piperazine rings is 1. The van der Waals surface area contributed by atoms with Crippen molar-refractivity contribution < 1.29 is 24.2 Å². The molecular formula is C10H14N2O5. The Bertz CT molecular complexity index is 345. The number of ether oxygens (including phenoxy) is 1. The SMILES string of the molecule is COC(=O)/C=C/C(=O)N1CCN(C(=O)O)CC1. The maximum Gasteiger partial charge on any atom is 0.407 e. The van der Waals surface area contributed by atoms with Gasteiger partial charge in [0.05, 0.1) is 7.11 Å². The molecule has 7 heteroatoms. The van der Waals surface area contributed by atoms with Gasteiger partial charge in [-0.15, -0.1) is 0 Å². The molecule has 0 atom stereocenters. The molecule has 1 fully saturated rings. The van der Waals surface area contributed by atoms with Gasteiger partial charge in [-0.1, -0.05) is 0 Å². The largest absolute Gasteiger partial charge is 0.466 e. The first-order valence-corrected chi connectivity index (χ1v) is 5.07. The summed E-state index contributed by atoms with van der Waals surface area (Å²) in [5.74, 6) is -0.914. The van der Waals surface area contributed by atoms with Crippen LogP contribution in [0.15, 0.2) is 12.2 Å². The highest BCUT2D eigenvalue weighted by molar-refractivity contribution is 5.94. The highest BCUT2D eigenvalue weighted by Crippen LogP contribution is 2.02. The Kier molecular flexibility index (Phi) is 4.50. The Hall–Kier alpha value is -2.05. The molecule has 0 aromatic heterocycles. The van der Waals surface area contributed by atoms with Crippen LogP contribution in [0.2, 0.25) is 0 Å². The summed E-state index contributed by atoms with van der Waals surface area (Å²) >= 11 is 0. The predicted molar refractivity (Wildman–Crippen MR) is 57.3 cm³/mol. The summed E-state index contributed by atoms with van der Waals surface area (Å²) in [6, 6.07) is 0. The Balaban J connectivity index is 2.43. The average molecular weight is 242 g/mol. The van der Waals surface area contributed by atoms with Crippen LogP contribution in [-0.4, -0.2) is 66.2 Å². The van der Waals surface area contributed by atoms with Crippen LogP contribution < -0.4 is 0 Å². The molecule has 0 aliphatic carbocycles. The lowest BCUT2D eigenvalue weighted by molar-refractivity contribution is -0.135. The first-order valence-electron chi connectivity index (χ1n) is 5.07. The van der Waals surface area contributed by atoms with Gasteiger partial charge in [0.25, 0.3) is 0 Å². The number of carboxylic acid groups (broad SMARTS) is 1. The first kappa shape index (κ1) is 13.0. The molecule has 0 unspecified atom stereocenters. The van der Waals surface area contributed by atoms with Crippen molar-refractivity contribution in [3.8, 4) is 0 Å². The summed E-state index contributed by atoms with van der Waals surface area (Å²) in [5, 5.41) is 8.72. The van der Waals surface area contributed by atoms with E-state index in [1.165, 1.54) is 16.9 Å². The lowest BCUT2D eigenvalue weighted by Gasteiger charge is -2.32. The minimum atomic E-state index is -0.984. The van der Waals surface area contributed by atoms with Gasteiger partial charge >= 0.3 is 12.1 Å². The zero-order valence-corrected chi connectivity index (χ0v) is 9.46. The summed E-state index contributed by atoms with van der Waals surface area (Å²) in [7, 11) is 1.22. The molecule has 0 radical (unpaired) electrons. The van der Waals surface area contributed by atoms with E-state index in [1.807, 2.05) is 0 Å². The van der Waals surface area contributed by atoms with E-state index in [0.717, 1.165) is 12.2 Å². The van der Waals surface area contributed by atoms with Gasteiger partial charge in [0.1, 0.15) is 0 Å². The van der Waals surface area contributed by atoms with Crippen molar-refractivity contribution in [1.29, 1.82) is 0 Å². The molecule has 1 rings (SSSR count). The maximum absolute atomic E-state index is 11.6. The minimum Gasteiger partial charge on any atom is -0.466 e. The Morgan fingerprint density at radius 3 is 2.06 bits per heavy atom. The fourth-order valence-electron chi connectivity index (χ4n) is 1.43. The fraction of sp³-hybridized carbons (Fsp3) is 0.500. The lowest BCUT2D eigenvalue weighted by Crippen LogP contribution is -2.49. The van der Waals surface area contributed by atoms with Crippen molar-refractivity contribution in [1.82, 2.24) is 9.80 Å². The molecule has 0 spiro atoms. The van der Waals surface area contributed by atoms with E-state index in [-0.39, 0.29) is 19.0 Å². The summed E-state index contributed by atoms with van der Waals surface area (Å²) in [6.07, 6.45) is 1.19. The standard InChI is InChI=1S/C10H14N2O5/c1-17-9(14)3-2-8(13)11-4-6-12(7-5-11)10(15)16/h2-3H,4-7H2,1H3,(H,15,16)/b3-2+. The monoisotopic (exact) mass is 242 g/mol. The molecule has 0 bridgehead atoms. The number of rotatable bonds is 2. The molecule has 17 heavy (non-hydrogen) atoms. The zero-order chi connectivity index (χ0) is 12.8. The van der Waals surface area contributed by atoms with Crippen LogP contribution in [0.5, 0.6) is 0 Å². The summed E-state index contributed by atoms with van der Waals surface area (Å²) in [5.41, 5.74) is 0. The molecule has 0 saturated carbocycles. The number of esters is 1. The van der Waals surface area contributed by atoms with Crippen LogP contribution in [0.3, 0.4) is 0 Å². The second-order valence-corrected chi connectivity index (χ2v) is 3.45. The van der Waals surface area contributed by atoms with E-state index >= 15 is 0 Å². The van der Waals surface area contributed by atoms with Gasteiger partial charge in [-0.05, 0) is 0 Å². The molecule has 1 saturated heterocycles. The molecular weight excluding hydrogens is 228 g/mol.